The summed E-state index contributed by atoms with van der Waals surface area (Å²) in [6.07, 6.45) is 0. The second kappa shape index (κ2) is 6.15. The van der Waals surface area contributed by atoms with Crippen molar-refractivity contribution in [1.82, 2.24) is 0 Å². The molecule has 94 valence electrons. The second-order valence-electron chi connectivity index (χ2n) is 3.71. The van der Waals surface area contributed by atoms with Crippen molar-refractivity contribution in [2.24, 2.45) is 0 Å². The van der Waals surface area contributed by atoms with Gasteiger partial charge in [0.15, 0.2) is 0 Å². The lowest BCUT2D eigenvalue weighted by Gasteiger charge is -2.12. The maximum Gasteiger partial charge on any atom is 0.0645 e. The molecule has 0 aliphatic heterocycles. The maximum atomic E-state index is 6.09. The van der Waals surface area contributed by atoms with Gasteiger partial charge in [0.2, 0.25) is 0 Å². The number of halogens is 5. The van der Waals surface area contributed by atoms with E-state index in [2.05, 4.69) is 31.9 Å². The van der Waals surface area contributed by atoms with Gasteiger partial charge < -0.3 is 0 Å². The molecule has 2 aromatic rings. The Morgan fingerprint density at radius 3 is 1.89 bits per heavy atom. The highest BCUT2D eigenvalue weighted by molar-refractivity contribution is 9.10. The monoisotopic (exact) mass is 426 g/mol. The average molecular weight is 429 g/mol. The molecule has 0 bridgehead atoms. The summed E-state index contributed by atoms with van der Waals surface area (Å²) >= 11 is 25.0. The molecule has 0 nitrogen and oxygen atoms in total. The summed E-state index contributed by atoms with van der Waals surface area (Å²) in [4.78, 5) is 0.0258. The zero-order valence-electron chi connectivity index (χ0n) is 8.93. The summed E-state index contributed by atoms with van der Waals surface area (Å²) in [5, 5.41) is 1.77. The SMILES string of the molecule is Clc1ccc(C(Br)c2ccc(Br)c(Cl)c2)cc1Cl. The van der Waals surface area contributed by atoms with Gasteiger partial charge >= 0.3 is 0 Å². The second-order valence-corrected chi connectivity index (χ2v) is 6.70. The van der Waals surface area contributed by atoms with E-state index in [1.807, 2.05) is 30.3 Å². The quantitative estimate of drug-likeness (QED) is 0.456. The van der Waals surface area contributed by atoms with Crippen molar-refractivity contribution in [3.8, 4) is 0 Å². The van der Waals surface area contributed by atoms with Crippen LogP contribution in [0.15, 0.2) is 40.9 Å². The fraction of sp³-hybridized carbons (Fsp3) is 0.0769. The Labute approximate surface area is 137 Å². The van der Waals surface area contributed by atoms with Crippen LogP contribution in [0.3, 0.4) is 0 Å². The molecule has 0 N–H and O–H groups in total. The number of rotatable bonds is 2. The molecule has 0 amide bonds. The molecular weight excluding hydrogens is 422 g/mol. The summed E-state index contributed by atoms with van der Waals surface area (Å²) in [6, 6.07) is 11.4. The average Bonchev–Trinajstić information content (AvgIpc) is 2.35. The number of benzene rings is 2. The Kier molecular flexibility index (Phi) is 5.01. The molecule has 2 rings (SSSR count). The largest absolute Gasteiger partial charge is 0.0831 e. The summed E-state index contributed by atoms with van der Waals surface area (Å²) in [6.45, 7) is 0. The van der Waals surface area contributed by atoms with Crippen LogP contribution in [0.1, 0.15) is 16.0 Å². The summed E-state index contributed by atoms with van der Waals surface area (Å²) in [5.74, 6) is 0. The molecule has 18 heavy (non-hydrogen) atoms. The first-order valence-electron chi connectivity index (χ1n) is 5.03. The zero-order valence-corrected chi connectivity index (χ0v) is 14.4. The lowest BCUT2D eigenvalue weighted by atomic mass is 10.1. The van der Waals surface area contributed by atoms with Crippen LogP contribution in [0.5, 0.6) is 0 Å². The first-order chi connectivity index (χ1) is 8.49. The normalized spacial score (nSPS) is 12.5. The van der Waals surface area contributed by atoms with Crippen LogP contribution < -0.4 is 0 Å². The Morgan fingerprint density at radius 1 is 0.778 bits per heavy atom. The number of hydrogen-bond donors (Lipinski definition) is 0. The van der Waals surface area contributed by atoms with Crippen molar-refractivity contribution in [3.63, 3.8) is 0 Å². The van der Waals surface area contributed by atoms with Crippen molar-refractivity contribution >= 4 is 66.7 Å². The van der Waals surface area contributed by atoms with Crippen LogP contribution in [-0.2, 0) is 0 Å². The summed E-state index contributed by atoms with van der Waals surface area (Å²) in [7, 11) is 0. The molecule has 0 aliphatic rings. The van der Waals surface area contributed by atoms with Gasteiger partial charge in [-0.05, 0) is 51.3 Å². The molecule has 2 aromatic carbocycles. The van der Waals surface area contributed by atoms with Gasteiger partial charge in [-0.1, -0.05) is 62.9 Å². The molecule has 0 saturated carbocycles. The highest BCUT2D eigenvalue weighted by Gasteiger charge is 2.13. The van der Waals surface area contributed by atoms with Gasteiger partial charge in [-0.3, -0.25) is 0 Å². The zero-order chi connectivity index (χ0) is 13.3. The van der Waals surface area contributed by atoms with Crippen LogP contribution in [0, 0.1) is 0 Å². The molecular formula is C13H7Br2Cl3. The van der Waals surface area contributed by atoms with E-state index in [1.165, 1.54) is 0 Å². The molecule has 0 aliphatic carbocycles. The van der Waals surface area contributed by atoms with E-state index in [0.29, 0.717) is 15.1 Å². The van der Waals surface area contributed by atoms with E-state index in [-0.39, 0.29) is 4.83 Å². The van der Waals surface area contributed by atoms with Crippen molar-refractivity contribution in [2.75, 3.05) is 0 Å². The van der Waals surface area contributed by atoms with Gasteiger partial charge in [-0.15, -0.1) is 0 Å². The third-order valence-corrected chi connectivity index (χ3v) is 5.50. The van der Waals surface area contributed by atoms with Crippen molar-refractivity contribution in [2.45, 2.75) is 4.83 Å². The van der Waals surface area contributed by atoms with Crippen LogP contribution >= 0.6 is 66.7 Å². The van der Waals surface area contributed by atoms with E-state index in [0.717, 1.165) is 15.6 Å². The van der Waals surface area contributed by atoms with Crippen LogP contribution in [-0.4, -0.2) is 0 Å². The standard InChI is InChI=1S/C13H7Br2Cl3/c14-9-3-1-7(5-11(9)17)13(15)8-2-4-10(16)12(18)6-8/h1-6,13H. The lowest BCUT2D eigenvalue weighted by molar-refractivity contribution is 1.18. The predicted octanol–water partition coefficient (Wildman–Crippen LogP) is 6.89. The van der Waals surface area contributed by atoms with Gasteiger partial charge in [0, 0.05) is 4.47 Å². The number of alkyl halides is 1. The van der Waals surface area contributed by atoms with E-state index in [4.69, 9.17) is 34.8 Å². The molecule has 0 heterocycles. The van der Waals surface area contributed by atoms with Crippen molar-refractivity contribution in [3.05, 3.63) is 67.1 Å². The Balaban J connectivity index is 2.37. The molecule has 5 heteroatoms. The molecule has 0 spiro atoms. The van der Waals surface area contributed by atoms with Crippen molar-refractivity contribution in [1.29, 1.82) is 0 Å². The van der Waals surface area contributed by atoms with Crippen LogP contribution in [0.25, 0.3) is 0 Å². The molecule has 0 saturated heterocycles. The summed E-state index contributed by atoms with van der Waals surface area (Å²) in [5.41, 5.74) is 2.09. The minimum Gasteiger partial charge on any atom is -0.0831 e. The van der Waals surface area contributed by atoms with Crippen molar-refractivity contribution < 1.29 is 0 Å². The highest BCUT2D eigenvalue weighted by atomic mass is 79.9. The van der Waals surface area contributed by atoms with Gasteiger partial charge in [0.05, 0.1) is 19.9 Å². The molecule has 0 radical (unpaired) electrons. The van der Waals surface area contributed by atoms with Gasteiger partial charge in [0.1, 0.15) is 0 Å². The molecule has 0 fully saturated rings. The Hall–Kier alpha value is 0.270. The third-order valence-electron chi connectivity index (χ3n) is 2.47. The fourth-order valence-corrected chi connectivity index (χ4v) is 2.84. The highest BCUT2D eigenvalue weighted by Crippen LogP contribution is 2.36. The Morgan fingerprint density at radius 2 is 1.33 bits per heavy atom. The first kappa shape index (κ1) is 14.7. The van der Waals surface area contributed by atoms with Crippen LogP contribution in [0.4, 0.5) is 0 Å². The van der Waals surface area contributed by atoms with E-state index in [9.17, 15) is 0 Å². The summed E-state index contributed by atoms with van der Waals surface area (Å²) < 4.78 is 0.877. The van der Waals surface area contributed by atoms with E-state index >= 15 is 0 Å². The fourth-order valence-electron chi connectivity index (χ4n) is 1.53. The van der Waals surface area contributed by atoms with E-state index < -0.39 is 0 Å². The minimum atomic E-state index is 0.0258. The molecule has 0 aromatic heterocycles. The lowest BCUT2D eigenvalue weighted by Crippen LogP contribution is -1.93. The van der Waals surface area contributed by atoms with Crippen LogP contribution in [0.2, 0.25) is 15.1 Å². The van der Waals surface area contributed by atoms with Gasteiger partial charge in [-0.25, -0.2) is 0 Å². The van der Waals surface area contributed by atoms with E-state index in [1.54, 1.807) is 6.07 Å². The predicted molar refractivity (Wildman–Crippen MR) is 86.4 cm³/mol. The minimum absolute atomic E-state index is 0.0258. The Bertz CT molecular complexity index is 533. The van der Waals surface area contributed by atoms with Gasteiger partial charge in [0.25, 0.3) is 0 Å². The number of hydrogen-bond acceptors (Lipinski definition) is 0. The molecule has 1 unspecified atom stereocenters. The first-order valence-corrected chi connectivity index (χ1v) is 7.87. The van der Waals surface area contributed by atoms with Gasteiger partial charge in [-0.2, -0.15) is 0 Å². The topological polar surface area (TPSA) is 0 Å². The third kappa shape index (κ3) is 3.23. The smallest absolute Gasteiger partial charge is 0.0645 e. The maximum absolute atomic E-state index is 6.09. The molecule has 1 atom stereocenters.